The topological polar surface area (TPSA) is 123 Å². The van der Waals surface area contributed by atoms with Gasteiger partial charge in [0.1, 0.15) is 6.04 Å². The second-order valence-corrected chi connectivity index (χ2v) is 6.74. The van der Waals surface area contributed by atoms with Crippen LogP contribution in [0.3, 0.4) is 0 Å². The van der Waals surface area contributed by atoms with Gasteiger partial charge in [-0.05, 0) is 43.0 Å². The molecule has 27 heavy (non-hydrogen) atoms. The Balaban J connectivity index is 1.58. The number of aromatic nitrogens is 2. The highest BCUT2D eigenvalue weighted by Gasteiger charge is 2.35. The zero-order valence-electron chi connectivity index (χ0n) is 14.8. The van der Waals surface area contributed by atoms with Crippen LogP contribution in [0.5, 0.6) is 0 Å². The predicted octanol–water partition coefficient (Wildman–Crippen LogP) is 1.05. The van der Waals surface area contributed by atoms with Crippen LogP contribution in [0.1, 0.15) is 58.2 Å². The fraction of sp³-hybridized carbons (Fsp3) is 0.389. The van der Waals surface area contributed by atoms with Crippen molar-refractivity contribution in [2.24, 2.45) is 5.73 Å². The lowest BCUT2D eigenvalue weighted by Gasteiger charge is -2.22. The molecule has 2 aliphatic heterocycles. The van der Waals surface area contributed by atoms with Crippen molar-refractivity contribution in [1.29, 1.82) is 0 Å². The Morgan fingerprint density at radius 1 is 1.26 bits per heavy atom. The lowest BCUT2D eigenvalue weighted by atomic mass is 10.1. The van der Waals surface area contributed by atoms with Gasteiger partial charge in [0.2, 0.25) is 11.8 Å². The quantitative estimate of drug-likeness (QED) is 0.863. The highest BCUT2D eigenvalue weighted by molar-refractivity contribution is 5.98. The first kappa shape index (κ1) is 17.2. The van der Waals surface area contributed by atoms with Crippen LogP contribution in [0, 0.1) is 0 Å². The maximum absolute atomic E-state index is 13.1. The maximum atomic E-state index is 13.1. The summed E-state index contributed by atoms with van der Waals surface area (Å²) < 4.78 is 5.14. The molecule has 1 saturated heterocycles. The van der Waals surface area contributed by atoms with Gasteiger partial charge in [0.05, 0.1) is 0 Å². The first-order chi connectivity index (χ1) is 13.0. The molecular formula is C18H19N5O4. The average Bonchev–Trinajstić information content (AvgIpc) is 3.37. The van der Waals surface area contributed by atoms with Crippen molar-refractivity contribution in [1.82, 2.24) is 15.0 Å². The number of nitrogens with zero attached hydrogens (tertiary/aromatic N) is 4. The zero-order valence-corrected chi connectivity index (χ0v) is 14.8. The van der Waals surface area contributed by atoms with Crippen LogP contribution < -0.4 is 10.6 Å². The molecule has 0 aliphatic carbocycles. The summed E-state index contributed by atoms with van der Waals surface area (Å²) in [6.07, 6.45) is 2.20. The number of nitrogens with two attached hydrogens (primary N) is 1. The molecule has 2 N–H and O–H groups in total. The van der Waals surface area contributed by atoms with Gasteiger partial charge in [-0.1, -0.05) is 5.16 Å². The number of primary amides is 1. The third-order valence-electron chi connectivity index (χ3n) is 5.06. The highest BCUT2D eigenvalue weighted by atomic mass is 16.5. The minimum atomic E-state index is -0.769. The van der Waals surface area contributed by atoms with Crippen LogP contribution >= 0.6 is 0 Å². The monoisotopic (exact) mass is 369 g/mol. The van der Waals surface area contributed by atoms with Crippen molar-refractivity contribution in [3.8, 4) is 0 Å². The van der Waals surface area contributed by atoms with Crippen molar-refractivity contribution in [3.05, 3.63) is 41.0 Å². The molecule has 2 aliphatic rings. The highest BCUT2D eigenvalue weighted by Crippen LogP contribution is 2.34. The number of amides is 3. The smallest absolute Gasteiger partial charge is 0.290 e. The fourth-order valence-corrected chi connectivity index (χ4v) is 3.76. The molecule has 1 aromatic carbocycles. The SMILES string of the molecule is CC(=O)N1CCc2cc(C(=O)N3CCC[C@H]3c3nc(C(N)=O)no3)ccc21. The van der Waals surface area contributed by atoms with Crippen molar-refractivity contribution in [2.45, 2.75) is 32.2 Å². The maximum Gasteiger partial charge on any atom is 0.290 e. The van der Waals surface area contributed by atoms with E-state index in [0.29, 0.717) is 25.1 Å². The standard InChI is InChI=1S/C18H19N5O4/c1-10(24)22-8-6-11-9-12(4-5-13(11)22)18(26)23-7-2-3-14(23)17-20-16(15(19)25)21-27-17/h4-5,9,14H,2-3,6-8H2,1H3,(H2,19,25)/t14-/m0/s1. The summed E-state index contributed by atoms with van der Waals surface area (Å²) in [5.41, 5.74) is 7.57. The molecule has 140 valence electrons. The summed E-state index contributed by atoms with van der Waals surface area (Å²) in [6.45, 7) is 2.73. The third kappa shape index (κ3) is 2.94. The normalized spacial score (nSPS) is 18.6. The number of carbonyl (C=O) groups is 3. The van der Waals surface area contributed by atoms with E-state index >= 15 is 0 Å². The van der Waals surface area contributed by atoms with Gasteiger partial charge in [-0.3, -0.25) is 14.4 Å². The molecule has 0 spiro atoms. The Hall–Kier alpha value is -3.23. The number of anilines is 1. The van der Waals surface area contributed by atoms with Gasteiger partial charge in [-0.2, -0.15) is 4.98 Å². The number of fused-ring (bicyclic) bond motifs is 1. The third-order valence-corrected chi connectivity index (χ3v) is 5.06. The summed E-state index contributed by atoms with van der Waals surface area (Å²) in [4.78, 5) is 43.3. The number of benzene rings is 1. The summed E-state index contributed by atoms with van der Waals surface area (Å²) >= 11 is 0. The number of rotatable bonds is 3. The van der Waals surface area contributed by atoms with Crippen molar-refractivity contribution in [2.75, 3.05) is 18.0 Å². The fourth-order valence-electron chi connectivity index (χ4n) is 3.76. The number of hydrogen-bond acceptors (Lipinski definition) is 6. The lowest BCUT2D eigenvalue weighted by molar-refractivity contribution is -0.116. The van der Waals surface area contributed by atoms with E-state index in [1.54, 1.807) is 15.9 Å². The zero-order chi connectivity index (χ0) is 19.1. The largest absolute Gasteiger partial charge is 0.363 e. The van der Waals surface area contributed by atoms with Crippen LogP contribution in [-0.2, 0) is 11.2 Å². The van der Waals surface area contributed by atoms with Crippen LogP contribution in [0.4, 0.5) is 5.69 Å². The predicted molar refractivity (Wildman–Crippen MR) is 94.0 cm³/mol. The summed E-state index contributed by atoms with van der Waals surface area (Å²) in [6, 6.07) is 5.03. The summed E-state index contributed by atoms with van der Waals surface area (Å²) in [5.74, 6) is -0.881. The van der Waals surface area contributed by atoms with Gasteiger partial charge in [-0.25, -0.2) is 0 Å². The molecule has 0 radical (unpaired) electrons. The lowest BCUT2D eigenvalue weighted by Crippen LogP contribution is -2.31. The van der Waals surface area contributed by atoms with E-state index in [1.165, 1.54) is 6.92 Å². The molecule has 9 heteroatoms. The second kappa shape index (κ2) is 6.49. The Bertz CT molecular complexity index is 938. The van der Waals surface area contributed by atoms with E-state index in [-0.39, 0.29) is 29.6 Å². The molecule has 0 saturated carbocycles. The summed E-state index contributed by atoms with van der Waals surface area (Å²) in [7, 11) is 0. The molecule has 0 bridgehead atoms. The van der Waals surface area contributed by atoms with Crippen LogP contribution in [0.15, 0.2) is 22.7 Å². The molecule has 1 atom stereocenters. The van der Waals surface area contributed by atoms with Crippen LogP contribution in [-0.4, -0.2) is 45.9 Å². The van der Waals surface area contributed by atoms with E-state index in [0.717, 1.165) is 24.1 Å². The van der Waals surface area contributed by atoms with Crippen LogP contribution in [0.2, 0.25) is 0 Å². The van der Waals surface area contributed by atoms with E-state index in [1.807, 2.05) is 12.1 Å². The molecule has 0 unspecified atom stereocenters. The van der Waals surface area contributed by atoms with Crippen molar-refractivity contribution >= 4 is 23.4 Å². The Morgan fingerprint density at radius 3 is 2.78 bits per heavy atom. The first-order valence-electron chi connectivity index (χ1n) is 8.81. The van der Waals surface area contributed by atoms with Gasteiger partial charge in [0.15, 0.2) is 0 Å². The Labute approximate surface area is 155 Å². The molecule has 4 rings (SSSR count). The average molecular weight is 369 g/mol. The molecule has 1 aromatic heterocycles. The van der Waals surface area contributed by atoms with E-state index in [2.05, 4.69) is 10.1 Å². The van der Waals surface area contributed by atoms with Gasteiger partial charge >= 0.3 is 0 Å². The summed E-state index contributed by atoms with van der Waals surface area (Å²) in [5, 5.41) is 3.56. The van der Waals surface area contributed by atoms with Crippen molar-refractivity contribution in [3.63, 3.8) is 0 Å². The molecule has 9 nitrogen and oxygen atoms in total. The molecular weight excluding hydrogens is 350 g/mol. The van der Waals surface area contributed by atoms with E-state index in [9.17, 15) is 14.4 Å². The van der Waals surface area contributed by atoms with E-state index in [4.69, 9.17) is 10.3 Å². The van der Waals surface area contributed by atoms with Gasteiger partial charge in [0, 0.05) is 31.3 Å². The van der Waals surface area contributed by atoms with E-state index < -0.39 is 5.91 Å². The molecule has 3 amide bonds. The Morgan fingerprint density at radius 2 is 2.07 bits per heavy atom. The molecule has 3 heterocycles. The minimum Gasteiger partial charge on any atom is -0.363 e. The van der Waals surface area contributed by atoms with Gasteiger partial charge in [0.25, 0.3) is 17.6 Å². The van der Waals surface area contributed by atoms with Crippen molar-refractivity contribution < 1.29 is 18.9 Å². The van der Waals surface area contributed by atoms with Crippen LogP contribution in [0.25, 0.3) is 0 Å². The molecule has 2 aromatic rings. The van der Waals surface area contributed by atoms with Gasteiger partial charge in [-0.15, -0.1) is 0 Å². The van der Waals surface area contributed by atoms with Gasteiger partial charge < -0.3 is 20.1 Å². The Kier molecular flexibility index (Phi) is 4.14. The number of hydrogen-bond donors (Lipinski definition) is 1. The first-order valence-corrected chi connectivity index (χ1v) is 8.81. The number of likely N-dealkylation sites (tertiary alicyclic amines) is 1. The number of carbonyl (C=O) groups excluding carboxylic acids is 3. The second-order valence-electron chi connectivity index (χ2n) is 6.74. The molecule has 1 fully saturated rings. The minimum absolute atomic E-state index is 0.00548.